The Morgan fingerprint density at radius 1 is 1.44 bits per heavy atom. The van der Waals surface area contributed by atoms with Crippen LogP contribution in [0, 0.1) is 0 Å². The van der Waals surface area contributed by atoms with Crippen molar-refractivity contribution in [1.82, 2.24) is 19.5 Å². The molecule has 0 spiro atoms. The molecule has 3 rings (SSSR count). The monoisotopic (exact) mass is 220 g/mol. The summed E-state index contributed by atoms with van der Waals surface area (Å²) in [4.78, 5) is 22.6. The Kier molecular flexibility index (Phi) is 2.21. The molecular weight excluding hydrogens is 208 g/mol. The highest BCUT2D eigenvalue weighted by Crippen LogP contribution is 2.22. The molecule has 6 nitrogen and oxygen atoms in total. The number of fused-ring (bicyclic) bond motifs is 1. The Morgan fingerprint density at radius 2 is 2.25 bits per heavy atom. The summed E-state index contributed by atoms with van der Waals surface area (Å²) in [6.07, 6.45) is 4.84. The van der Waals surface area contributed by atoms with Crippen LogP contribution in [0.1, 0.15) is 18.9 Å². The van der Waals surface area contributed by atoms with E-state index in [0.29, 0.717) is 18.9 Å². The zero-order valence-corrected chi connectivity index (χ0v) is 8.72. The minimum Gasteiger partial charge on any atom is -0.381 e. The number of hydrogen-bond donors (Lipinski definition) is 1. The van der Waals surface area contributed by atoms with Crippen molar-refractivity contribution < 1.29 is 4.74 Å². The summed E-state index contributed by atoms with van der Waals surface area (Å²) >= 11 is 0. The fourth-order valence-corrected chi connectivity index (χ4v) is 2.17. The van der Waals surface area contributed by atoms with E-state index in [4.69, 9.17) is 4.74 Å². The molecule has 1 aliphatic rings. The molecule has 1 N–H and O–H groups in total. The second kappa shape index (κ2) is 3.71. The molecule has 1 saturated heterocycles. The van der Waals surface area contributed by atoms with E-state index in [0.717, 1.165) is 18.4 Å². The van der Waals surface area contributed by atoms with E-state index < -0.39 is 0 Å². The maximum Gasteiger partial charge on any atom is 0.327 e. The number of aromatic amines is 1. The molecule has 0 aliphatic carbocycles. The third kappa shape index (κ3) is 1.42. The van der Waals surface area contributed by atoms with Crippen molar-refractivity contribution in [2.75, 3.05) is 13.2 Å². The van der Waals surface area contributed by atoms with Crippen LogP contribution < -0.4 is 5.69 Å². The first-order chi connectivity index (χ1) is 7.86. The van der Waals surface area contributed by atoms with Crippen LogP contribution in [-0.4, -0.2) is 32.7 Å². The zero-order valence-electron chi connectivity index (χ0n) is 8.72. The predicted octanol–water partition coefficient (Wildman–Crippen LogP) is 0.471. The van der Waals surface area contributed by atoms with Crippen LogP contribution in [0.25, 0.3) is 11.2 Å². The Hall–Kier alpha value is -1.69. The molecule has 16 heavy (non-hydrogen) atoms. The van der Waals surface area contributed by atoms with Crippen molar-refractivity contribution in [3.05, 3.63) is 23.0 Å². The van der Waals surface area contributed by atoms with E-state index in [1.165, 1.54) is 6.33 Å². The van der Waals surface area contributed by atoms with Crippen molar-refractivity contribution in [3.8, 4) is 0 Å². The summed E-state index contributed by atoms with van der Waals surface area (Å²) in [7, 11) is 0. The lowest BCUT2D eigenvalue weighted by atomic mass is 10.1. The molecule has 2 aromatic rings. The highest BCUT2D eigenvalue weighted by molar-refractivity contribution is 5.69. The van der Waals surface area contributed by atoms with Gasteiger partial charge in [0, 0.05) is 19.3 Å². The maximum atomic E-state index is 11.8. The Bertz CT molecular complexity index is 553. The van der Waals surface area contributed by atoms with Gasteiger partial charge in [-0.25, -0.2) is 14.8 Å². The average molecular weight is 220 g/mol. The van der Waals surface area contributed by atoms with E-state index in [1.54, 1.807) is 10.8 Å². The van der Waals surface area contributed by atoms with E-state index in [2.05, 4.69) is 15.0 Å². The van der Waals surface area contributed by atoms with Gasteiger partial charge in [-0.3, -0.25) is 9.55 Å². The number of rotatable bonds is 1. The van der Waals surface area contributed by atoms with Gasteiger partial charge in [0.1, 0.15) is 11.8 Å². The molecule has 84 valence electrons. The van der Waals surface area contributed by atoms with Crippen LogP contribution in [0.2, 0.25) is 0 Å². The van der Waals surface area contributed by atoms with Crippen molar-refractivity contribution in [1.29, 1.82) is 0 Å². The lowest BCUT2D eigenvalue weighted by Crippen LogP contribution is -2.27. The third-order valence-electron chi connectivity index (χ3n) is 2.95. The van der Waals surface area contributed by atoms with Crippen LogP contribution in [0.15, 0.2) is 17.3 Å². The summed E-state index contributed by atoms with van der Waals surface area (Å²) < 4.78 is 7.04. The van der Waals surface area contributed by atoms with Gasteiger partial charge in [0.15, 0.2) is 5.65 Å². The fourth-order valence-electron chi connectivity index (χ4n) is 2.17. The molecule has 0 amide bonds. The molecule has 1 aliphatic heterocycles. The fraction of sp³-hybridized carbons (Fsp3) is 0.500. The van der Waals surface area contributed by atoms with Gasteiger partial charge in [-0.05, 0) is 12.8 Å². The first kappa shape index (κ1) is 9.53. The predicted molar refractivity (Wildman–Crippen MR) is 57.2 cm³/mol. The number of hydrogen-bond acceptors (Lipinski definition) is 4. The molecule has 0 unspecified atom stereocenters. The van der Waals surface area contributed by atoms with E-state index in [1.807, 2.05) is 0 Å². The van der Waals surface area contributed by atoms with Gasteiger partial charge in [0.25, 0.3) is 0 Å². The summed E-state index contributed by atoms with van der Waals surface area (Å²) in [6, 6.07) is 0.195. The van der Waals surface area contributed by atoms with Crippen LogP contribution >= 0.6 is 0 Å². The minimum absolute atomic E-state index is 0.109. The van der Waals surface area contributed by atoms with Gasteiger partial charge >= 0.3 is 5.69 Å². The average Bonchev–Trinajstić information content (AvgIpc) is 2.66. The maximum absolute atomic E-state index is 11.8. The number of aromatic nitrogens is 4. The molecule has 0 radical (unpaired) electrons. The Balaban J connectivity index is 2.14. The zero-order chi connectivity index (χ0) is 11.0. The van der Waals surface area contributed by atoms with Crippen LogP contribution in [0.5, 0.6) is 0 Å². The molecule has 1 fully saturated rings. The summed E-state index contributed by atoms with van der Waals surface area (Å²) in [6.45, 7) is 1.41. The van der Waals surface area contributed by atoms with Gasteiger partial charge in [-0.2, -0.15) is 0 Å². The Labute approximate surface area is 91.3 Å². The summed E-state index contributed by atoms with van der Waals surface area (Å²) in [5, 5.41) is 0. The number of nitrogens with zero attached hydrogens (tertiary/aromatic N) is 3. The molecule has 3 heterocycles. The van der Waals surface area contributed by atoms with Gasteiger partial charge in [-0.15, -0.1) is 0 Å². The topological polar surface area (TPSA) is 72.8 Å². The molecule has 0 saturated carbocycles. The number of ether oxygens (including phenoxy) is 1. The lowest BCUT2D eigenvalue weighted by Gasteiger charge is -2.22. The largest absolute Gasteiger partial charge is 0.381 e. The van der Waals surface area contributed by atoms with E-state index in [9.17, 15) is 4.79 Å². The van der Waals surface area contributed by atoms with E-state index in [-0.39, 0.29) is 11.7 Å². The van der Waals surface area contributed by atoms with Crippen LogP contribution in [0.3, 0.4) is 0 Å². The first-order valence-corrected chi connectivity index (χ1v) is 5.34. The summed E-state index contributed by atoms with van der Waals surface area (Å²) in [5.74, 6) is 0. The van der Waals surface area contributed by atoms with E-state index >= 15 is 0 Å². The lowest BCUT2D eigenvalue weighted by molar-refractivity contribution is 0.0698. The first-order valence-electron chi connectivity index (χ1n) is 5.34. The third-order valence-corrected chi connectivity index (χ3v) is 2.95. The number of H-pyrrole nitrogens is 1. The number of imidazole rings is 1. The highest BCUT2D eigenvalue weighted by atomic mass is 16.5. The quantitative estimate of drug-likeness (QED) is 0.758. The molecule has 2 aromatic heterocycles. The van der Waals surface area contributed by atoms with Gasteiger partial charge < -0.3 is 4.74 Å². The Morgan fingerprint density at radius 3 is 3.06 bits per heavy atom. The van der Waals surface area contributed by atoms with Crippen molar-refractivity contribution in [3.63, 3.8) is 0 Å². The molecule has 0 atom stereocenters. The van der Waals surface area contributed by atoms with Crippen molar-refractivity contribution >= 4 is 11.2 Å². The molecule has 0 aromatic carbocycles. The van der Waals surface area contributed by atoms with Gasteiger partial charge in [0.2, 0.25) is 0 Å². The minimum atomic E-state index is -0.109. The highest BCUT2D eigenvalue weighted by Gasteiger charge is 2.20. The van der Waals surface area contributed by atoms with Gasteiger partial charge in [-0.1, -0.05) is 0 Å². The normalized spacial score (nSPS) is 18.0. The molecule has 6 heteroatoms. The standard InChI is InChI=1S/C10H12N4O2/c15-10-13-9-8(5-11-6-12-9)14(10)7-1-3-16-4-2-7/h5-7H,1-4H2,(H,11,12,13,15). The van der Waals surface area contributed by atoms with Gasteiger partial charge in [0.05, 0.1) is 6.20 Å². The SMILES string of the molecule is O=c1[nH]c2ncncc2n1C1CCOCC1. The second-order valence-electron chi connectivity index (χ2n) is 3.90. The number of nitrogens with one attached hydrogen (secondary N) is 1. The molecule has 0 bridgehead atoms. The smallest absolute Gasteiger partial charge is 0.327 e. The van der Waals surface area contributed by atoms with Crippen LogP contribution in [-0.2, 0) is 4.74 Å². The van der Waals surface area contributed by atoms with Crippen molar-refractivity contribution in [2.24, 2.45) is 0 Å². The summed E-state index contributed by atoms with van der Waals surface area (Å²) in [5.41, 5.74) is 1.27. The second-order valence-corrected chi connectivity index (χ2v) is 3.90. The van der Waals surface area contributed by atoms with Crippen LogP contribution in [0.4, 0.5) is 0 Å². The van der Waals surface area contributed by atoms with Crippen molar-refractivity contribution in [2.45, 2.75) is 18.9 Å². The molecular formula is C10H12N4O2.